The summed E-state index contributed by atoms with van der Waals surface area (Å²) in [6.07, 6.45) is 1.10. The molecule has 32 heavy (non-hydrogen) atoms. The van der Waals surface area contributed by atoms with Gasteiger partial charge in [0, 0.05) is 32.2 Å². The molecule has 1 saturated heterocycles. The number of nitro groups is 1. The Balaban J connectivity index is 1.72. The molecular formula is C21H25N5O5S. The highest BCUT2D eigenvalue weighted by Crippen LogP contribution is 2.25. The predicted molar refractivity (Wildman–Crippen MR) is 118 cm³/mol. The first-order valence-corrected chi connectivity index (χ1v) is 11.5. The van der Waals surface area contributed by atoms with Gasteiger partial charge < -0.3 is 0 Å². The Labute approximate surface area is 186 Å². The van der Waals surface area contributed by atoms with E-state index in [2.05, 4.69) is 20.8 Å². The fourth-order valence-corrected chi connectivity index (χ4v) is 4.93. The average molecular weight is 460 g/mol. The maximum absolute atomic E-state index is 13.0. The number of nitriles is 1. The topological polar surface area (TPSA) is 130 Å². The van der Waals surface area contributed by atoms with Crippen LogP contribution in [-0.4, -0.2) is 53.3 Å². The summed E-state index contributed by atoms with van der Waals surface area (Å²) in [5, 5.41) is 20.2. The number of rotatable bonds is 5. The molecule has 0 atom stereocenters. The fourth-order valence-electron chi connectivity index (χ4n) is 3.51. The van der Waals surface area contributed by atoms with E-state index >= 15 is 0 Å². The van der Waals surface area contributed by atoms with E-state index in [4.69, 9.17) is 5.26 Å². The minimum absolute atomic E-state index is 0.0311. The molecule has 0 N–H and O–H groups in total. The van der Waals surface area contributed by atoms with E-state index in [1.54, 1.807) is 18.2 Å². The summed E-state index contributed by atoms with van der Waals surface area (Å²) >= 11 is 0. The SMILES string of the molecule is CC(C)(C)c1ccc(S(=O)(=O)N2CCN(Cn3cc([N+](=O)[O-])cc(C#N)c3=O)CC2)cc1. The molecule has 3 rings (SSSR count). The minimum Gasteiger partial charge on any atom is -0.294 e. The summed E-state index contributed by atoms with van der Waals surface area (Å²) < 4.78 is 28.5. The van der Waals surface area contributed by atoms with Gasteiger partial charge in [0.1, 0.15) is 11.6 Å². The summed E-state index contributed by atoms with van der Waals surface area (Å²) in [5.41, 5.74) is -0.308. The van der Waals surface area contributed by atoms with Crippen LogP contribution in [0.15, 0.2) is 46.2 Å². The van der Waals surface area contributed by atoms with Crippen molar-refractivity contribution in [2.24, 2.45) is 0 Å². The Morgan fingerprint density at radius 1 is 1.12 bits per heavy atom. The summed E-state index contributed by atoms with van der Waals surface area (Å²) in [6.45, 7) is 7.33. The van der Waals surface area contributed by atoms with Crippen LogP contribution in [0.4, 0.5) is 5.69 Å². The van der Waals surface area contributed by atoms with Gasteiger partial charge in [-0.1, -0.05) is 32.9 Å². The lowest BCUT2D eigenvalue weighted by Gasteiger charge is -2.34. The van der Waals surface area contributed by atoms with Crippen LogP contribution in [0.2, 0.25) is 0 Å². The van der Waals surface area contributed by atoms with Gasteiger partial charge in [-0.05, 0) is 23.1 Å². The second kappa shape index (κ2) is 8.82. The molecule has 2 heterocycles. The second-order valence-electron chi connectivity index (χ2n) is 8.69. The molecule has 0 radical (unpaired) electrons. The number of aromatic nitrogens is 1. The lowest BCUT2D eigenvalue weighted by molar-refractivity contribution is -0.385. The van der Waals surface area contributed by atoms with Crippen molar-refractivity contribution in [3.05, 3.63) is 68.1 Å². The smallest absolute Gasteiger partial charge is 0.287 e. The first-order chi connectivity index (χ1) is 14.9. The molecule has 1 aromatic heterocycles. The minimum atomic E-state index is -3.65. The summed E-state index contributed by atoms with van der Waals surface area (Å²) in [5.74, 6) is 0. The molecule has 0 amide bonds. The number of hydrogen-bond acceptors (Lipinski definition) is 7. The Kier molecular flexibility index (Phi) is 6.50. The number of pyridine rings is 1. The van der Waals surface area contributed by atoms with Gasteiger partial charge in [-0.2, -0.15) is 9.57 Å². The van der Waals surface area contributed by atoms with Crippen LogP contribution in [0.25, 0.3) is 0 Å². The molecular weight excluding hydrogens is 434 g/mol. The van der Waals surface area contributed by atoms with Crippen molar-refractivity contribution < 1.29 is 13.3 Å². The Hall–Kier alpha value is -3.07. The highest BCUT2D eigenvalue weighted by atomic mass is 32.2. The number of piperazine rings is 1. The van der Waals surface area contributed by atoms with Gasteiger partial charge in [-0.3, -0.25) is 24.4 Å². The molecule has 2 aromatic rings. The van der Waals surface area contributed by atoms with Crippen molar-refractivity contribution in [1.82, 2.24) is 13.8 Å². The summed E-state index contributed by atoms with van der Waals surface area (Å²) in [6, 6.07) is 9.52. The van der Waals surface area contributed by atoms with Crippen LogP contribution >= 0.6 is 0 Å². The highest BCUT2D eigenvalue weighted by molar-refractivity contribution is 7.89. The van der Waals surface area contributed by atoms with E-state index in [1.807, 2.05) is 17.0 Å². The molecule has 0 unspecified atom stereocenters. The van der Waals surface area contributed by atoms with E-state index in [-0.39, 0.29) is 41.3 Å². The zero-order valence-corrected chi connectivity index (χ0v) is 19.0. The normalized spacial score (nSPS) is 15.9. The maximum atomic E-state index is 13.0. The lowest BCUT2D eigenvalue weighted by atomic mass is 9.87. The molecule has 1 aliphatic rings. The van der Waals surface area contributed by atoms with Gasteiger partial charge in [0.2, 0.25) is 10.0 Å². The zero-order valence-electron chi connectivity index (χ0n) is 18.2. The summed E-state index contributed by atoms with van der Waals surface area (Å²) in [4.78, 5) is 24.8. The van der Waals surface area contributed by atoms with Gasteiger partial charge in [0.15, 0.2) is 0 Å². The summed E-state index contributed by atoms with van der Waals surface area (Å²) in [7, 11) is -3.65. The molecule has 1 aromatic carbocycles. The molecule has 0 saturated carbocycles. The van der Waals surface area contributed by atoms with Crippen LogP contribution in [0.1, 0.15) is 31.9 Å². The fraction of sp³-hybridized carbons (Fsp3) is 0.429. The van der Waals surface area contributed by atoms with Crippen molar-refractivity contribution in [3.63, 3.8) is 0 Å². The van der Waals surface area contributed by atoms with Crippen molar-refractivity contribution in [2.45, 2.75) is 37.8 Å². The molecule has 1 aliphatic heterocycles. The van der Waals surface area contributed by atoms with Crippen LogP contribution in [-0.2, 0) is 22.1 Å². The molecule has 10 nitrogen and oxygen atoms in total. The highest BCUT2D eigenvalue weighted by Gasteiger charge is 2.29. The molecule has 170 valence electrons. The van der Waals surface area contributed by atoms with Gasteiger partial charge in [0.05, 0.1) is 22.7 Å². The molecule has 0 aliphatic carbocycles. The van der Waals surface area contributed by atoms with Crippen LogP contribution in [0.3, 0.4) is 0 Å². The van der Waals surface area contributed by atoms with E-state index in [0.717, 1.165) is 22.4 Å². The van der Waals surface area contributed by atoms with E-state index in [1.165, 1.54) is 4.31 Å². The third kappa shape index (κ3) is 4.88. The third-order valence-electron chi connectivity index (χ3n) is 5.44. The molecule has 1 fully saturated rings. The zero-order chi connectivity index (χ0) is 23.7. The van der Waals surface area contributed by atoms with Crippen LogP contribution < -0.4 is 5.56 Å². The standard InChI is InChI=1S/C21H25N5O5S/c1-21(2,3)17-4-6-19(7-5-17)32(30,31)25-10-8-23(9-11-25)15-24-14-18(26(28)29)12-16(13-22)20(24)27/h4-7,12,14H,8-11,15H2,1-3H3. The number of nitrogens with zero attached hydrogens (tertiary/aromatic N) is 5. The van der Waals surface area contributed by atoms with Gasteiger partial charge in [0.25, 0.3) is 11.2 Å². The lowest BCUT2D eigenvalue weighted by Crippen LogP contribution is -2.49. The predicted octanol–water partition coefficient (Wildman–Crippen LogP) is 1.89. The molecule has 0 spiro atoms. The van der Waals surface area contributed by atoms with E-state index in [9.17, 15) is 23.3 Å². The van der Waals surface area contributed by atoms with Gasteiger partial charge in [-0.25, -0.2) is 8.42 Å². The van der Waals surface area contributed by atoms with Crippen LogP contribution in [0, 0.1) is 21.4 Å². The number of hydrogen-bond donors (Lipinski definition) is 0. The Morgan fingerprint density at radius 3 is 2.22 bits per heavy atom. The van der Waals surface area contributed by atoms with E-state index < -0.39 is 20.5 Å². The van der Waals surface area contributed by atoms with Crippen molar-refractivity contribution in [3.8, 4) is 6.07 Å². The number of sulfonamides is 1. The second-order valence-corrected chi connectivity index (χ2v) is 10.6. The first kappa shape index (κ1) is 23.6. The Morgan fingerprint density at radius 2 is 1.72 bits per heavy atom. The first-order valence-electron chi connectivity index (χ1n) is 10.1. The van der Waals surface area contributed by atoms with Crippen molar-refractivity contribution >= 4 is 15.7 Å². The van der Waals surface area contributed by atoms with Crippen molar-refractivity contribution in [1.29, 1.82) is 5.26 Å². The maximum Gasteiger partial charge on any atom is 0.287 e. The van der Waals surface area contributed by atoms with Gasteiger partial charge in [-0.15, -0.1) is 0 Å². The number of benzene rings is 1. The largest absolute Gasteiger partial charge is 0.294 e. The molecule has 11 heteroatoms. The van der Waals surface area contributed by atoms with E-state index in [0.29, 0.717) is 13.1 Å². The Bertz CT molecular complexity index is 1220. The quantitative estimate of drug-likeness (QED) is 0.493. The monoisotopic (exact) mass is 459 g/mol. The third-order valence-corrected chi connectivity index (χ3v) is 7.36. The van der Waals surface area contributed by atoms with Crippen LogP contribution in [0.5, 0.6) is 0 Å². The van der Waals surface area contributed by atoms with Gasteiger partial charge >= 0.3 is 0 Å². The average Bonchev–Trinajstić information content (AvgIpc) is 2.75. The van der Waals surface area contributed by atoms with Crippen molar-refractivity contribution in [2.75, 3.05) is 26.2 Å². The molecule has 0 bridgehead atoms.